The lowest BCUT2D eigenvalue weighted by atomic mass is 9.89. The van der Waals surface area contributed by atoms with Gasteiger partial charge in [0.2, 0.25) is 0 Å². The standard InChI is InChI=1S/C27H38N4O4/c1-19-15-24-22(16-23(19)25(32)28-9-10-30-11-13-34-14-12-30)18-31(29-24)17-20-5-7-21(8-6-20)26(33)35-27(2,3)4/h7,15-16,18,20H,5-6,8-14,17H2,1-4H3,(H,28,32). The summed E-state index contributed by atoms with van der Waals surface area (Å²) < 4.78 is 12.9. The van der Waals surface area contributed by atoms with Gasteiger partial charge in [-0.05, 0) is 70.6 Å². The van der Waals surface area contributed by atoms with Crippen molar-refractivity contribution < 1.29 is 19.1 Å². The molecular formula is C27H38N4O4. The molecule has 1 aromatic carbocycles. The van der Waals surface area contributed by atoms with E-state index in [4.69, 9.17) is 14.6 Å². The van der Waals surface area contributed by atoms with Crippen LogP contribution >= 0.6 is 0 Å². The van der Waals surface area contributed by atoms with Crippen LogP contribution in [0.25, 0.3) is 10.9 Å². The van der Waals surface area contributed by atoms with Crippen molar-refractivity contribution in [1.82, 2.24) is 20.0 Å². The van der Waals surface area contributed by atoms with Crippen LogP contribution in [0.15, 0.2) is 30.0 Å². The van der Waals surface area contributed by atoms with Gasteiger partial charge in [0.05, 0.1) is 18.7 Å². The molecule has 1 unspecified atom stereocenters. The summed E-state index contributed by atoms with van der Waals surface area (Å²) in [7, 11) is 0. The molecule has 0 bridgehead atoms. The van der Waals surface area contributed by atoms with E-state index in [2.05, 4.69) is 10.2 Å². The Kier molecular flexibility index (Phi) is 7.91. The van der Waals surface area contributed by atoms with E-state index in [-0.39, 0.29) is 11.9 Å². The second-order valence-corrected chi connectivity index (χ2v) is 10.7. The van der Waals surface area contributed by atoms with E-state index in [1.165, 1.54) is 0 Å². The van der Waals surface area contributed by atoms with E-state index >= 15 is 0 Å². The molecular weight excluding hydrogens is 444 g/mol. The number of carbonyl (C=O) groups is 2. The van der Waals surface area contributed by atoms with Crippen molar-refractivity contribution in [3.05, 3.63) is 41.1 Å². The minimum atomic E-state index is -0.472. The van der Waals surface area contributed by atoms with Gasteiger partial charge in [0, 0.05) is 55.4 Å². The fourth-order valence-electron chi connectivity index (χ4n) is 4.66. The zero-order valence-corrected chi connectivity index (χ0v) is 21.4. The number of nitrogens with zero attached hydrogens (tertiary/aromatic N) is 3. The number of aryl methyl sites for hydroxylation is 1. The first-order valence-corrected chi connectivity index (χ1v) is 12.7. The summed E-state index contributed by atoms with van der Waals surface area (Å²) in [6, 6.07) is 3.93. The largest absolute Gasteiger partial charge is 0.457 e. The van der Waals surface area contributed by atoms with Crippen molar-refractivity contribution >= 4 is 22.8 Å². The van der Waals surface area contributed by atoms with Gasteiger partial charge < -0.3 is 14.8 Å². The lowest BCUT2D eigenvalue weighted by Crippen LogP contribution is -2.41. The average molecular weight is 483 g/mol. The lowest BCUT2D eigenvalue weighted by Gasteiger charge is -2.26. The molecule has 35 heavy (non-hydrogen) atoms. The number of hydrogen-bond acceptors (Lipinski definition) is 6. The summed E-state index contributed by atoms with van der Waals surface area (Å²) in [6.45, 7) is 13.2. The van der Waals surface area contributed by atoms with Gasteiger partial charge in [0.25, 0.3) is 5.91 Å². The Morgan fingerprint density at radius 1 is 1.23 bits per heavy atom. The van der Waals surface area contributed by atoms with E-state index in [1.54, 1.807) is 0 Å². The number of benzene rings is 1. The van der Waals surface area contributed by atoms with Gasteiger partial charge in [-0.15, -0.1) is 0 Å². The summed E-state index contributed by atoms with van der Waals surface area (Å²) in [5, 5.41) is 8.77. The van der Waals surface area contributed by atoms with Gasteiger partial charge in [-0.2, -0.15) is 5.10 Å². The van der Waals surface area contributed by atoms with E-state index in [9.17, 15) is 9.59 Å². The van der Waals surface area contributed by atoms with Gasteiger partial charge in [-0.3, -0.25) is 14.4 Å². The van der Waals surface area contributed by atoms with Crippen LogP contribution in [0.2, 0.25) is 0 Å². The number of hydrogen-bond donors (Lipinski definition) is 1. The molecule has 1 amide bonds. The van der Waals surface area contributed by atoms with Crippen molar-refractivity contribution in [1.29, 1.82) is 0 Å². The molecule has 8 heteroatoms. The van der Waals surface area contributed by atoms with Crippen LogP contribution in [-0.2, 0) is 20.8 Å². The third-order valence-corrected chi connectivity index (χ3v) is 6.59. The minimum Gasteiger partial charge on any atom is -0.457 e. The molecule has 1 aliphatic carbocycles. The predicted molar refractivity (Wildman–Crippen MR) is 135 cm³/mol. The molecule has 1 aliphatic heterocycles. The monoisotopic (exact) mass is 482 g/mol. The van der Waals surface area contributed by atoms with E-state index in [0.717, 1.165) is 80.7 Å². The molecule has 0 saturated carbocycles. The van der Waals surface area contributed by atoms with Gasteiger partial charge in [0.1, 0.15) is 5.60 Å². The molecule has 2 heterocycles. The molecule has 1 saturated heterocycles. The Balaban J connectivity index is 1.34. The number of rotatable bonds is 7. The SMILES string of the molecule is Cc1cc2nn(CC3CC=C(C(=O)OC(C)(C)C)CC3)cc2cc1C(=O)NCCN1CCOCC1. The highest BCUT2D eigenvalue weighted by molar-refractivity contribution is 5.99. The molecule has 0 spiro atoms. The smallest absolute Gasteiger partial charge is 0.334 e. The Hall–Kier alpha value is -2.71. The van der Waals surface area contributed by atoms with Crippen molar-refractivity contribution in [2.45, 2.75) is 59.1 Å². The molecule has 1 fully saturated rings. The molecule has 0 radical (unpaired) electrons. The molecule has 2 aliphatic rings. The highest BCUT2D eigenvalue weighted by atomic mass is 16.6. The number of morpholine rings is 1. The first-order valence-electron chi connectivity index (χ1n) is 12.7. The fraction of sp³-hybridized carbons (Fsp3) is 0.593. The van der Waals surface area contributed by atoms with Gasteiger partial charge in [-0.25, -0.2) is 4.79 Å². The highest BCUT2D eigenvalue weighted by Crippen LogP contribution is 2.27. The number of amides is 1. The van der Waals surface area contributed by atoms with E-state index in [1.807, 2.05) is 56.8 Å². The maximum atomic E-state index is 12.8. The lowest BCUT2D eigenvalue weighted by molar-refractivity contribution is -0.150. The molecule has 1 atom stereocenters. The number of ether oxygens (including phenoxy) is 2. The second kappa shape index (κ2) is 10.9. The summed E-state index contributed by atoms with van der Waals surface area (Å²) in [5.74, 6) is 0.170. The Bertz CT molecular complexity index is 1090. The number of aromatic nitrogens is 2. The average Bonchev–Trinajstić information content (AvgIpc) is 3.19. The summed E-state index contributed by atoms with van der Waals surface area (Å²) in [5.41, 5.74) is 2.83. The molecule has 1 N–H and O–H groups in total. The minimum absolute atomic E-state index is 0.0440. The maximum absolute atomic E-state index is 12.8. The number of nitrogens with one attached hydrogen (secondary N) is 1. The molecule has 2 aromatic rings. The van der Waals surface area contributed by atoms with Gasteiger partial charge in [-0.1, -0.05) is 6.08 Å². The van der Waals surface area contributed by atoms with Crippen molar-refractivity contribution in [3.8, 4) is 0 Å². The topological polar surface area (TPSA) is 85.7 Å². The summed E-state index contributed by atoms with van der Waals surface area (Å²) in [6.07, 6.45) is 6.54. The van der Waals surface area contributed by atoms with Crippen LogP contribution < -0.4 is 5.32 Å². The first-order chi connectivity index (χ1) is 16.7. The van der Waals surface area contributed by atoms with E-state index in [0.29, 0.717) is 18.0 Å². The van der Waals surface area contributed by atoms with Crippen molar-refractivity contribution in [3.63, 3.8) is 0 Å². The predicted octanol–water partition coefficient (Wildman–Crippen LogP) is 3.47. The summed E-state index contributed by atoms with van der Waals surface area (Å²) in [4.78, 5) is 27.4. The Labute approximate surface area is 207 Å². The van der Waals surface area contributed by atoms with Crippen LogP contribution in [0.1, 0.15) is 56.0 Å². The number of carbonyl (C=O) groups excluding carboxylic acids is 2. The fourth-order valence-corrected chi connectivity index (χ4v) is 4.66. The normalized spacial score (nSPS) is 19.4. The first kappa shape index (κ1) is 25.4. The van der Waals surface area contributed by atoms with Crippen molar-refractivity contribution in [2.75, 3.05) is 39.4 Å². The molecule has 190 valence electrons. The number of allylic oxidation sites excluding steroid dienone is 1. The highest BCUT2D eigenvalue weighted by Gasteiger charge is 2.24. The molecule has 4 rings (SSSR count). The van der Waals surface area contributed by atoms with Crippen molar-refractivity contribution in [2.24, 2.45) is 5.92 Å². The third kappa shape index (κ3) is 6.92. The Morgan fingerprint density at radius 3 is 2.69 bits per heavy atom. The van der Waals surface area contributed by atoms with E-state index < -0.39 is 5.60 Å². The number of esters is 1. The van der Waals surface area contributed by atoms with Crippen LogP contribution in [0.4, 0.5) is 0 Å². The van der Waals surface area contributed by atoms with Crippen LogP contribution in [0, 0.1) is 12.8 Å². The number of fused-ring (bicyclic) bond motifs is 1. The van der Waals surface area contributed by atoms with Crippen LogP contribution in [0.3, 0.4) is 0 Å². The zero-order chi connectivity index (χ0) is 25.0. The molecule has 8 nitrogen and oxygen atoms in total. The second-order valence-electron chi connectivity index (χ2n) is 10.7. The third-order valence-electron chi connectivity index (χ3n) is 6.59. The van der Waals surface area contributed by atoms with Gasteiger partial charge in [0.15, 0.2) is 0 Å². The van der Waals surface area contributed by atoms with Gasteiger partial charge >= 0.3 is 5.97 Å². The quantitative estimate of drug-likeness (QED) is 0.608. The van der Waals surface area contributed by atoms with Crippen LogP contribution in [0.5, 0.6) is 0 Å². The Morgan fingerprint density at radius 2 is 2.00 bits per heavy atom. The zero-order valence-electron chi connectivity index (χ0n) is 21.4. The summed E-state index contributed by atoms with van der Waals surface area (Å²) >= 11 is 0. The maximum Gasteiger partial charge on any atom is 0.334 e. The molecule has 1 aromatic heterocycles. The van der Waals surface area contributed by atoms with Crippen LogP contribution in [-0.4, -0.2) is 71.6 Å².